The van der Waals surface area contributed by atoms with E-state index in [-0.39, 0.29) is 25.7 Å². The van der Waals surface area contributed by atoms with Crippen LogP contribution in [0.1, 0.15) is 58.6 Å². The normalized spacial score (nSPS) is 13.8. The lowest BCUT2D eigenvalue weighted by molar-refractivity contribution is -0.161. The fraction of sp³-hybridized carbons (Fsp3) is 0.464. The van der Waals surface area contributed by atoms with Crippen molar-refractivity contribution in [3.8, 4) is 11.1 Å². The molecule has 1 aliphatic rings. The number of fused-ring (bicyclic) bond motifs is 3. The van der Waals surface area contributed by atoms with E-state index < -0.39 is 35.3 Å². The average Bonchev–Trinajstić information content (AvgIpc) is 3.08. The number of ether oxygens (including phenoxy) is 4. The van der Waals surface area contributed by atoms with Crippen molar-refractivity contribution in [3.63, 3.8) is 0 Å². The molecule has 2 aromatic carbocycles. The monoisotopic (exact) mass is 497 g/mol. The summed E-state index contributed by atoms with van der Waals surface area (Å²) >= 11 is 0. The van der Waals surface area contributed by atoms with Gasteiger partial charge in [-0.15, -0.1) is 0 Å². The fourth-order valence-corrected chi connectivity index (χ4v) is 3.91. The quantitative estimate of drug-likeness (QED) is 0.420. The molecule has 3 rings (SSSR count). The number of esters is 2. The van der Waals surface area contributed by atoms with E-state index in [1.165, 1.54) is 0 Å². The fourth-order valence-electron chi connectivity index (χ4n) is 3.91. The van der Waals surface area contributed by atoms with E-state index in [2.05, 4.69) is 17.4 Å². The van der Waals surface area contributed by atoms with Gasteiger partial charge in [0.2, 0.25) is 0 Å². The predicted octanol–water partition coefficient (Wildman–Crippen LogP) is 4.59. The van der Waals surface area contributed by atoms with Gasteiger partial charge in [-0.3, -0.25) is 0 Å². The Morgan fingerprint density at radius 1 is 0.833 bits per heavy atom. The second-order valence-electron chi connectivity index (χ2n) is 10.7. The number of carbonyl (C=O) groups excluding carboxylic acids is 3. The topological polar surface area (TPSA) is 100 Å². The third-order valence-corrected chi connectivity index (χ3v) is 5.26. The van der Waals surface area contributed by atoms with Crippen molar-refractivity contribution in [1.29, 1.82) is 0 Å². The lowest BCUT2D eigenvalue weighted by atomic mass is 9.98. The van der Waals surface area contributed by atoms with Crippen LogP contribution in [0.2, 0.25) is 0 Å². The van der Waals surface area contributed by atoms with Gasteiger partial charge in [0, 0.05) is 5.92 Å². The van der Waals surface area contributed by atoms with Crippen LogP contribution >= 0.6 is 0 Å². The largest absolute Gasteiger partial charge is 0.463 e. The van der Waals surface area contributed by atoms with Crippen LogP contribution in [0.15, 0.2) is 48.5 Å². The van der Waals surface area contributed by atoms with Gasteiger partial charge in [0.1, 0.15) is 24.4 Å². The summed E-state index contributed by atoms with van der Waals surface area (Å²) < 4.78 is 21.5. The Kier molecular flexibility index (Phi) is 8.40. The zero-order valence-electron chi connectivity index (χ0n) is 21.8. The summed E-state index contributed by atoms with van der Waals surface area (Å²) in [6.07, 6.45) is -0.789. The smallest absolute Gasteiger partial charge is 0.408 e. The molecule has 8 heteroatoms. The van der Waals surface area contributed by atoms with Gasteiger partial charge in [-0.1, -0.05) is 48.5 Å². The maximum Gasteiger partial charge on any atom is 0.408 e. The Bertz CT molecular complexity index is 1050. The van der Waals surface area contributed by atoms with Crippen LogP contribution < -0.4 is 5.32 Å². The molecular weight excluding hydrogens is 462 g/mol. The van der Waals surface area contributed by atoms with E-state index in [1.54, 1.807) is 41.5 Å². The van der Waals surface area contributed by atoms with Crippen molar-refractivity contribution in [2.45, 2.75) is 64.7 Å². The first-order valence-corrected chi connectivity index (χ1v) is 12.0. The van der Waals surface area contributed by atoms with Gasteiger partial charge in [-0.25, -0.2) is 14.4 Å². The Balaban J connectivity index is 1.56. The van der Waals surface area contributed by atoms with Gasteiger partial charge in [-0.05, 0) is 63.8 Å². The van der Waals surface area contributed by atoms with Crippen molar-refractivity contribution >= 4 is 18.0 Å². The van der Waals surface area contributed by atoms with Crippen LogP contribution in [0.4, 0.5) is 4.79 Å². The Hall–Kier alpha value is -3.39. The van der Waals surface area contributed by atoms with E-state index in [9.17, 15) is 14.4 Å². The highest BCUT2D eigenvalue weighted by Gasteiger charge is 2.31. The van der Waals surface area contributed by atoms with E-state index in [1.807, 2.05) is 36.4 Å². The molecule has 0 radical (unpaired) electrons. The summed E-state index contributed by atoms with van der Waals surface area (Å²) in [4.78, 5) is 37.2. The Morgan fingerprint density at radius 2 is 1.36 bits per heavy atom. The molecule has 0 bridgehead atoms. The summed E-state index contributed by atoms with van der Waals surface area (Å²) in [5, 5.41) is 2.46. The molecule has 1 atom stereocenters. The summed E-state index contributed by atoms with van der Waals surface area (Å²) in [6, 6.07) is 15.0. The molecule has 1 aliphatic carbocycles. The highest BCUT2D eigenvalue weighted by atomic mass is 16.6. The lowest BCUT2D eigenvalue weighted by Gasteiger charge is -2.26. The molecule has 0 aromatic heterocycles. The van der Waals surface area contributed by atoms with Crippen molar-refractivity contribution in [1.82, 2.24) is 5.32 Å². The highest BCUT2D eigenvalue weighted by Crippen LogP contribution is 2.44. The zero-order valence-corrected chi connectivity index (χ0v) is 21.8. The van der Waals surface area contributed by atoms with Crippen molar-refractivity contribution in [3.05, 3.63) is 59.7 Å². The molecule has 194 valence electrons. The van der Waals surface area contributed by atoms with E-state index in [0.717, 1.165) is 22.3 Å². The standard InChI is InChI=1S/C28H35NO7/c1-27(2,3)35-25(31)23(29-26(32)36-28(4,5)6)16-33-17-24(30)34-15-22-20-13-9-7-11-18(20)19-12-8-10-14-21(19)22/h7-14,22-23H,15-17H2,1-6H3,(H,29,32)/t23-/m0/s1. The number of hydrogen-bond donors (Lipinski definition) is 1. The molecule has 0 heterocycles. The summed E-state index contributed by atoms with van der Waals surface area (Å²) in [6.45, 7) is 9.78. The maximum atomic E-state index is 12.6. The first-order valence-electron chi connectivity index (χ1n) is 12.0. The molecule has 0 aliphatic heterocycles. The SMILES string of the molecule is CC(C)(C)OC(=O)N[C@@H](COCC(=O)OCC1c2ccccc2-c2ccccc21)C(=O)OC(C)(C)C. The molecule has 0 saturated heterocycles. The van der Waals surface area contributed by atoms with Crippen LogP contribution in [0, 0.1) is 0 Å². The molecule has 0 spiro atoms. The molecule has 2 aromatic rings. The first-order chi connectivity index (χ1) is 16.8. The molecule has 1 N–H and O–H groups in total. The van der Waals surface area contributed by atoms with E-state index >= 15 is 0 Å². The molecular formula is C28H35NO7. The van der Waals surface area contributed by atoms with Crippen LogP contribution in [-0.4, -0.2) is 55.1 Å². The molecule has 0 fully saturated rings. The van der Waals surface area contributed by atoms with Gasteiger partial charge in [-0.2, -0.15) is 0 Å². The highest BCUT2D eigenvalue weighted by molar-refractivity contribution is 5.82. The zero-order chi connectivity index (χ0) is 26.5. The van der Waals surface area contributed by atoms with Crippen molar-refractivity contribution in [2.75, 3.05) is 19.8 Å². The predicted molar refractivity (Wildman–Crippen MR) is 135 cm³/mol. The van der Waals surface area contributed by atoms with Gasteiger partial charge in [0.05, 0.1) is 6.61 Å². The van der Waals surface area contributed by atoms with Crippen LogP contribution in [0.5, 0.6) is 0 Å². The summed E-state index contributed by atoms with van der Waals surface area (Å²) in [5.74, 6) is -1.33. The average molecular weight is 498 g/mol. The molecule has 0 unspecified atom stereocenters. The van der Waals surface area contributed by atoms with Gasteiger partial charge in [0.15, 0.2) is 6.04 Å². The minimum atomic E-state index is -1.15. The molecule has 1 amide bonds. The number of nitrogens with one attached hydrogen (secondary N) is 1. The number of benzene rings is 2. The number of carbonyl (C=O) groups is 3. The van der Waals surface area contributed by atoms with Crippen LogP contribution in [-0.2, 0) is 28.5 Å². The summed E-state index contributed by atoms with van der Waals surface area (Å²) in [7, 11) is 0. The maximum absolute atomic E-state index is 12.6. The second-order valence-corrected chi connectivity index (χ2v) is 10.7. The van der Waals surface area contributed by atoms with Gasteiger partial charge in [0.25, 0.3) is 0 Å². The minimum Gasteiger partial charge on any atom is -0.463 e. The van der Waals surface area contributed by atoms with E-state index in [4.69, 9.17) is 18.9 Å². The first kappa shape index (κ1) is 27.2. The van der Waals surface area contributed by atoms with Crippen LogP contribution in [0.25, 0.3) is 11.1 Å². The third kappa shape index (κ3) is 7.55. The number of hydrogen-bond acceptors (Lipinski definition) is 7. The molecule has 0 saturated carbocycles. The van der Waals surface area contributed by atoms with Crippen LogP contribution in [0.3, 0.4) is 0 Å². The van der Waals surface area contributed by atoms with Crippen molar-refractivity contribution < 1.29 is 33.3 Å². The van der Waals surface area contributed by atoms with E-state index in [0.29, 0.717) is 0 Å². The third-order valence-electron chi connectivity index (χ3n) is 5.26. The Morgan fingerprint density at radius 3 is 1.89 bits per heavy atom. The lowest BCUT2D eigenvalue weighted by Crippen LogP contribution is -2.48. The Labute approximate surface area is 212 Å². The second kappa shape index (κ2) is 11.1. The number of amides is 1. The van der Waals surface area contributed by atoms with Gasteiger partial charge >= 0.3 is 18.0 Å². The van der Waals surface area contributed by atoms with Crippen molar-refractivity contribution in [2.24, 2.45) is 0 Å². The number of rotatable bonds is 8. The molecule has 36 heavy (non-hydrogen) atoms. The van der Waals surface area contributed by atoms with Gasteiger partial charge < -0.3 is 24.3 Å². The molecule has 8 nitrogen and oxygen atoms in total. The minimum absolute atomic E-state index is 0.0651. The number of alkyl carbamates (subject to hydrolysis) is 1. The summed E-state index contributed by atoms with van der Waals surface area (Å²) in [5.41, 5.74) is 2.98.